The molecule has 112 valence electrons. The molecule has 5 nitrogen and oxygen atoms in total. The van der Waals surface area contributed by atoms with E-state index in [1.165, 1.54) is 0 Å². The maximum atomic E-state index is 11.7. The molecule has 0 heterocycles. The molecule has 0 spiro atoms. The molecule has 5 heteroatoms. The van der Waals surface area contributed by atoms with Gasteiger partial charge in [-0.2, -0.15) is 0 Å². The fraction of sp³-hybridized carbons (Fsp3) is 0.857. The number of carbonyl (C=O) groups excluding carboxylic acids is 1. The SMILES string of the molecule is CCCC(CCNC(=O)[C@H](N)C(C)C)CCC(=O)O. The van der Waals surface area contributed by atoms with Crippen LogP contribution < -0.4 is 11.1 Å². The maximum absolute atomic E-state index is 11.7. The fourth-order valence-corrected chi connectivity index (χ4v) is 1.99. The zero-order chi connectivity index (χ0) is 14.8. The Labute approximate surface area is 115 Å². The van der Waals surface area contributed by atoms with Crippen LogP contribution in [-0.2, 0) is 9.59 Å². The van der Waals surface area contributed by atoms with E-state index in [2.05, 4.69) is 12.2 Å². The van der Waals surface area contributed by atoms with Crippen molar-refractivity contribution >= 4 is 11.9 Å². The number of hydrogen-bond donors (Lipinski definition) is 3. The Balaban J connectivity index is 3.97. The van der Waals surface area contributed by atoms with Gasteiger partial charge in [0.25, 0.3) is 0 Å². The molecule has 1 unspecified atom stereocenters. The first-order valence-electron chi connectivity index (χ1n) is 7.13. The number of nitrogens with two attached hydrogens (primary N) is 1. The van der Waals surface area contributed by atoms with Crippen LogP contribution in [0.25, 0.3) is 0 Å². The molecule has 0 radical (unpaired) electrons. The van der Waals surface area contributed by atoms with Gasteiger partial charge in [0.05, 0.1) is 6.04 Å². The van der Waals surface area contributed by atoms with Gasteiger partial charge in [0.2, 0.25) is 5.91 Å². The highest BCUT2D eigenvalue weighted by atomic mass is 16.4. The monoisotopic (exact) mass is 272 g/mol. The second-order valence-electron chi connectivity index (χ2n) is 5.44. The topological polar surface area (TPSA) is 92.4 Å². The Morgan fingerprint density at radius 1 is 1.21 bits per heavy atom. The van der Waals surface area contributed by atoms with E-state index in [0.29, 0.717) is 18.9 Å². The summed E-state index contributed by atoms with van der Waals surface area (Å²) in [5.41, 5.74) is 5.74. The van der Waals surface area contributed by atoms with Crippen molar-refractivity contribution in [2.24, 2.45) is 17.6 Å². The van der Waals surface area contributed by atoms with E-state index in [1.807, 2.05) is 13.8 Å². The molecular formula is C14H28N2O3. The van der Waals surface area contributed by atoms with Crippen LogP contribution in [0.3, 0.4) is 0 Å². The van der Waals surface area contributed by atoms with Crippen LogP contribution in [0, 0.1) is 11.8 Å². The minimum Gasteiger partial charge on any atom is -0.481 e. The molecule has 19 heavy (non-hydrogen) atoms. The van der Waals surface area contributed by atoms with Gasteiger partial charge in [0.1, 0.15) is 0 Å². The summed E-state index contributed by atoms with van der Waals surface area (Å²) in [6.07, 6.45) is 3.72. The van der Waals surface area contributed by atoms with Crippen molar-refractivity contribution in [1.82, 2.24) is 5.32 Å². The molecule has 2 atom stereocenters. The molecule has 0 aliphatic carbocycles. The van der Waals surface area contributed by atoms with E-state index in [1.54, 1.807) is 0 Å². The van der Waals surface area contributed by atoms with Crippen molar-refractivity contribution in [2.45, 2.75) is 58.9 Å². The average Bonchev–Trinajstić information content (AvgIpc) is 2.34. The molecule has 0 aromatic carbocycles. The zero-order valence-electron chi connectivity index (χ0n) is 12.3. The third kappa shape index (κ3) is 8.59. The second kappa shape index (κ2) is 9.78. The van der Waals surface area contributed by atoms with Gasteiger partial charge in [-0.15, -0.1) is 0 Å². The number of aliphatic carboxylic acids is 1. The summed E-state index contributed by atoms with van der Waals surface area (Å²) in [4.78, 5) is 22.2. The van der Waals surface area contributed by atoms with Crippen LogP contribution in [0.5, 0.6) is 0 Å². The van der Waals surface area contributed by atoms with Crippen LogP contribution in [0.15, 0.2) is 0 Å². The summed E-state index contributed by atoms with van der Waals surface area (Å²) in [6, 6.07) is -0.469. The van der Waals surface area contributed by atoms with Gasteiger partial charge in [-0.1, -0.05) is 33.6 Å². The predicted molar refractivity (Wildman–Crippen MR) is 75.7 cm³/mol. The van der Waals surface area contributed by atoms with Crippen molar-refractivity contribution in [3.63, 3.8) is 0 Å². The summed E-state index contributed by atoms with van der Waals surface area (Å²) < 4.78 is 0. The summed E-state index contributed by atoms with van der Waals surface area (Å²) in [5.74, 6) is -0.398. The lowest BCUT2D eigenvalue weighted by Crippen LogP contribution is -2.44. The van der Waals surface area contributed by atoms with E-state index < -0.39 is 12.0 Å². The van der Waals surface area contributed by atoms with Crippen LogP contribution in [0.4, 0.5) is 0 Å². The van der Waals surface area contributed by atoms with E-state index in [0.717, 1.165) is 19.3 Å². The third-order valence-electron chi connectivity index (χ3n) is 3.34. The summed E-state index contributed by atoms with van der Waals surface area (Å²) in [6.45, 7) is 6.48. The zero-order valence-corrected chi connectivity index (χ0v) is 12.3. The smallest absolute Gasteiger partial charge is 0.303 e. The minimum atomic E-state index is -0.757. The van der Waals surface area contributed by atoms with E-state index >= 15 is 0 Å². The molecule has 0 saturated carbocycles. The van der Waals surface area contributed by atoms with E-state index in [9.17, 15) is 9.59 Å². The van der Waals surface area contributed by atoms with Crippen molar-refractivity contribution in [3.8, 4) is 0 Å². The highest BCUT2D eigenvalue weighted by Crippen LogP contribution is 2.17. The predicted octanol–water partition coefficient (Wildman–Crippen LogP) is 1.76. The van der Waals surface area contributed by atoms with Crippen LogP contribution in [-0.4, -0.2) is 29.6 Å². The number of carboxylic acids is 1. The first kappa shape index (κ1) is 17.9. The van der Waals surface area contributed by atoms with Crippen LogP contribution >= 0.6 is 0 Å². The molecule has 0 fully saturated rings. The van der Waals surface area contributed by atoms with E-state index in [-0.39, 0.29) is 18.2 Å². The highest BCUT2D eigenvalue weighted by molar-refractivity contribution is 5.81. The highest BCUT2D eigenvalue weighted by Gasteiger charge is 2.17. The normalized spacial score (nSPS) is 14.2. The average molecular weight is 272 g/mol. The molecule has 0 bridgehead atoms. The van der Waals surface area contributed by atoms with Gasteiger partial charge in [0, 0.05) is 13.0 Å². The molecule has 0 aliphatic heterocycles. The van der Waals surface area contributed by atoms with Gasteiger partial charge < -0.3 is 16.2 Å². The van der Waals surface area contributed by atoms with Crippen molar-refractivity contribution < 1.29 is 14.7 Å². The second-order valence-corrected chi connectivity index (χ2v) is 5.44. The molecule has 0 aromatic heterocycles. The van der Waals surface area contributed by atoms with Gasteiger partial charge in [0.15, 0.2) is 0 Å². The minimum absolute atomic E-state index is 0.122. The maximum Gasteiger partial charge on any atom is 0.303 e. The third-order valence-corrected chi connectivity index (χ3v) is 3.34. The molecule has 4 N–H and O–H groups in total. The van der Waals surface area contributed by atoms with Crippen LogP contribution in [0.2, 0.25) is 0 Å². The summed E-state index contributed by atoms with van der Waals surface area (Å²) in [7, 11) is 0. The van der Waals surface area contributed by atoms with Crippen molar-refractivity contribution in [3.05, 3.63) is 0 Å². The quantitative estimate of drug-likeness (QED) is 0.565. The first-order chi connectivity index (χ1) is 8.88. The Bertz CT molecular complexity index is 280. The van der Waals surface area contributed by atoms with Gasteiger partial charge in [-0.05, 0) is 24.7 Å². The first-order valence-corrected chi connectivity index (χ1v) is 7.13. The number of amides is 1. The number of carbonyl (C=O) groups is 2. The lowest BCUT2D eigenvalue weighted by molar-refractivity contribution is -0.137. The van der Waals surface area contributed by atoms with Gasteiger partial charge in [-0.25, -0.2) is 0 Å². The molecule has 0 aliphatic rings. The molecule has 1 amide bonds. The molecular weight excluding hydrogens is 244 g/mol. The standard InChI is InChI=1S/C14H28N2O3/c1-4-5-11(6-7-12(17)18)8-9-16-14(19)13(15)10(2)3/h10-11,13H,4-9,15H2,1-3H3,(H,16,19)(H,17,18)/t11?,13-/m1/s1. The largest absolute Gasteiger partial charge is 0.481 e. The summed E-state index contributed by atoms with van der Waals surface area (Å²) in [5, 5.41) is 11.5. The number of hydrogen-bond acceptors (Lipinski definition) is 3. The van der Waals surface area contributed by atoms with Gasteiger partial charge in [-0.3, -0.25) is 9.59 Å². The Morgan fingerprint density at radius 3 is 2.32 bits per heavy atom. The van der Waals surface area contributed by atoms with Crippen molar-refractivity contribution in [1.29, 1.82) is 0 Å². The number of nitrogens with one attached hydrogen (secondary N) is 1. The molecule has 0 rings (SSSR count). The van der Waals surface area contributed by atoms with E-state index in [4.69, 9.17) is 10.8 Å². The Kier molecular flexibility index (Phi) is 9.21. The lowest BCUT2D eigenvalue weighted by Gasteiger charge is -2.18. The van der Waals surface area contributed by atoms with Gasteiger partial charge >= 0.3 is 5.97 Å². The fourth-order valence-electron chi connectivity index (χ4n) is 1.99. The van der Waals surface area contributed by atoms with Crippen molar-refractivity contribution in [2.75, 3.05) is 6.54 Å². The Morgan fingerprint density at radius 2 is 1.84 bits per heavy atom. The lowest BCUT2D eigenvalue weighted by atomic mass is 9.94. The summed E-state index contributed by atoms with van der Waals surface area (Å²) >= 11 is 0. The number of rotatable bonds is 10. The molecule has 0 saturated heterocycles. The Hall–Kier alpha value is -1.10. The molecule has 0 aromatic rings. The number of carboxylic acid groups (broad SMARTS) is 1. The van der Waals surface area contributed by atoms with Crippen LogP contribution in [0.1, 0.15) is 52.9 Å².